The van der Waals surface area contributed by atoms with Crippen LogP contribution in [0, 0.1) is 0 Å². The Kier molecular flexibility index (Phi) is 13.9. The van der Waals surface area contributed by atoms with Gasteiger partial charge >= 0.3 is 41.9 Å². The highest BCUT2D eigenvalue weighted by Crippen LogP contribution is 2.33. The first-order valence-corrected chi connectivity index (χ1v) is 13.8. The van der Waals surface area contributed by atoms with Gasteiger partial charge in [0, 0.05) is 41.5 Å². The fraction of sp³-hybridized carbons (Fsp3) is 0.731. The zero-order valence-corrected chi connectivity index (χ0v) is 25.9. The molecule has 2 aliphatic heterocycles. The van der Waals surface area contributed by atoms with Gasteiger partial charge in [-0.2, -0.15) is 13.2 Å². The molecule has 2 heterocycles. The molecule has 0 bridgehead atoms. The van der Waals surface area contributed by atoms with E-state index in [0.29, 0.717) is 0 Å². The van der Waals surface area contributed by atoms with Crippen LogP contribution in [0.15, 0.2) is 0 Å². The zero-order chi connectivity index (χ0) is 35.8. The number of carbonyl (C=O) groups is 7. The molecule has 47 heavy (non-hydrogen) atoms. The zero-order valence-electron chi connectivity index (χ0n) is 25.9. The number of halogens is 3. The van der Waals surface area contributed by atoms with Crippen LogP contribution in [0.25, 0.3) is 0 Å². The van der Waals surface area contributed by atoms with Gasteiger partial charge in [-0.25, -0.2) is 0 Å². The van der Waals surface area contributed by atoms with Crippen LogP contribution in [-0.2, 0) is 71.5 Å². The maximum atomic E-state index is 13.2. The molecule has 0 saturated carbocycles. The molecule has 0 radical (unpaired) electrons. The standard InChI is InChI=1S/C26H35F3N2O16/c1-9(32)30-18-22(44-14(6)37)19(42-12(4)35)16(8-41-11(3)34)46-24(18)47-20-15(7-40-10(2)33)45-23(38)17(21(20)43-13(5)36)31-25(39)26(27,28)29/h15-24,38H,7-8H2,1-6H3,(H,30,32)(H,31,39)/t15-,16-,17-,18-,19-,20-,21-,22-,23+,24+/m1/s1. The Bertz CT molecular complexity index is 1200. The number of hydrogen-bond donors (Lipinski definition) is 3. The van der Waals surface area contributed by atoms with Gasteiger partial charge in [-0.15, -0.1) is 0 Å². The molecule has 0 aromatic carbocycles. The highest BCUT2D eigenvalue weighted by atomic mass is 19.4. The van der Waals surface area contributed by atoms with E-state index in [2.05, 4.69) is 5.32 Å². The average Bonchev–Trinajstić information content (AvgIpc) is 2.91. The van der Waals surface area contributed by atoms with E-state index in [1.54, 1.807) is 0 Å². The van der Waals surface area contributed by atoms with Crippen LogP contribution in [0.1, 0.15) is 41.5 Å². The van der Waals surface area contributed by atoms with E-state index < -0.39 is 122 Å². The van der Waals surface area contributed by atoms with Crippen LogP contribution < -0.4 is 10.6 Å². The lowest BCUT2D eigenvalue weighted by molar-refractivity contribution is -0.330. The number of hydrogen-bond acceptors (Lipinski definition) is 16. The molecule has 18 nitrogen and oxygen atoms in total. The van der Waals surface area contributed by atoms with E-state index in [9.17, 15) is 51.8 Å². The van der Waals surface area contributed by atoms with Crippen molar-refractivity contribution in [1.29, 1.82) is 0 Å². The van der Waals surface area contributed by atoms with E-state index in [4.69, 9.17) is 37.9 Å². The molecule has 266 valence electrons. The second-order valence-corrected chi connectivity index (χ2v) is 10.3. The normalized spacial score (nSPS) is 30.6. The molecule has 2 amide bonds. The summed E-state index contributed by atoms with van der Waals surface area (Å²) in [6.45, 7) is 4.42. The largest absolute Gasteiger partial charge is 0.471 e. The highest BCUT2D eigenvalue weighted by Gasteiger charge is 2.56. The van der Waals surface area contributed by atoms with E-state index in [1.807, 2.05) is 0 Å². The fourth-order valence-corrected chi connectivity index (χ4v) is 4.70. The minimum absolute atomic E-state index is 0.661. The molecule has 0 aliphatic carbocycles. The van der Waals surface area contributed by atoms with Gasteiger partial charge in [0.1, 0.15) is 43.6 Å². The molecular weight excluding hydrogens is 653 g/mol. The van der Waals surface area contributed by atoms with Crippen LogP contribution >= 0.6 is 0 Å². The third-order valence-electron chi connectivity index (χ3n) is 6.34. The number of nitrogens with one attached hydrogen (secondary N) is 2. The Morgan fingerprint density at radius 1 is 0.638 bits per heavy atom. The van der Waals surface area contributed by atoms with Gasteiger partial charge in [0.05, 0.1) is 0 Å². The van der Waals surface area contributed by atoms with Crippen molar-refractivity contribution in [2.45, 2.75) is 109 Å². The maximum absolute atomic E-state index is 13.2. The molecule has 0 aromatic heterocycles. The number of rotatable bonds is 11. The Morgan fingerprint density at radius 2 is 1.09 bits per heavy atom. The van der Waals surface area contributed by atoms with E-state index >= 15 is 0 Å². The first-order chi connectivity index (χ1) is 21.7. The summed E-state index contributed by atoms with van der Waals surface area (Å²) < 4.78 is 82.5. The summed E-state index contributed by atoms with van der Waals surface area (Å²) in [6.07, 6.45) is -20.0. The lowest BCUT2D eigenvalue weighted by atomic mass is 9.94. The fourth-order valence-electron chi connectivity index (χ4n) is 4.70. The molecule has 2 rings (SSSR count). The predicted octanol–water partition coefficient (Wildman–Crippen LogP) is -1.71. The van der Waals surface area contributed by atoms with Gasteiger partial charge in [0.25, 0.3) is 0 Å². The summed E-state index contributed by atoms with van der Waals surface area (Å²) in [5, 5.41) is 14.4. The minimum atomic E-state index is -5.47. The van der Waals surface area contributed by atoms with Crippen LogP contribution in [0.3, 0.4) is 0 Å². The van der Waals surface area contributed by atoms with Gasteiger partial charge in [0.15, 0.2) is 30.9 Å². The van der Waals surface area contributed by atoms with Crippen molar-refractivity contribution in [1.82, 2.24) is 10.6 Å². The van der Waals surface area contributed by atoms with Crippen LogP contribution in [0.2, 0.25) is 0 Å². The number of carbonyl (C=O) groups excluding carboxylic acids is 7. The first kappa shape index (κ1) is 39.1. The van der Waals surface area contributed by atoms with E-state index in [1.165, 1.54) is 5.32 Å². The first-order valence-electron chi connectivity index (χ1n) is 13.8. The number of ether oxygens (including phenoxy) is 8. The van der Waals surface area contributed by atoms with E-state index in [-0.39, 0.29) is 0 Å². The van der Waals surface area contributed by atoms with Gasteiger partial charge in [0.2, 0.25) is 5.91 Å². The minimum Gasteiger partial charge on any atom is -0.463 e. The van der Waals surface area contributed by atoms with Crippen molar-refractivity contribution >= 4 is 41.7 Å². The molecule has 10 atom stereocenters. The second kappa shape index (κ2) is 16.7. The lowest BCUT2D eigenvalue weighted by Crippen LogP contribution is -2.70. The SMILES string of the molecule is CC(=O)N[C@H]1[C@H](O[C@H]2[C@H](OC(C)=O)[C@@H](NC(=O)C(F)(F)F)[C@@H](O)O[C@@H]2COC(C)=O)O[C@H](COC(C)=O)[C@@H](OC(C)=O)[C@@H]1OC(C)=O. The van der Waals surface area contributed by atoms with Crippen LogP contribution in [-0.4, -0.2) is 127 Å². The Balaban J connectivity index is 2.70. The number of esters is 5. The van der Waals surface area contributed by atoms with Crippen molar-refractivity contribution < 1.29 is 89.7 Å². The number of aliphatic hydroxyl groups is 1. The van der Waals surface area contributed by atoms with Crippen LogP contribution in [0.4, 0.5) is 13.2 Å². The Morgan fingerprint density at radius 3 is 1.51 bits per heavy atom. The van der Waals surface area contributed by atoms with E-state index in [0.717, 1.165) is 41.5 Å². The van der Waals surface area contributed by atoms with Gasteiger partial charge in [-0.1, -0.05) is 0 Å². The Labute approximate surface area is 264 Å². The maximum Gasteiger partial charge on any atom is 0.471 e. The lowest BCUT2D eigenvalue weighted by Gasteiger charge is -2.49. The molecule has 21 heteroatoms. The smallest absolute Gasteiger partial charge is 0.463 e. The van der Waals surface area contributed by atoms with Crippen LogP contribution in [0.5, 0.6) is 0 Å². The third kappa shape index (κ3) is 11.6. The number of alkyl halides is 3. The molecule has 2 aliphatic rings. The Hall–Kier alpha value is -4.08. The molecule has 2 fully saturated rings. The van der Waals surface area contributed by atoms with Crippen molar-refractivity contribution in [2.24, 2.45) is 0 Å². The number of aliphatic hydroxyl groups excluding tert-OH is 1. The summed E-state index contributed by atoms with van der Waals surface area (Å²) in [4.78, 5) is 83.7. The molecular formula is C26H35F3N2O16. The van der Waals surface area contributed by atoms with Crippen molar-refractivity contribution in [3.8, 4) is 0 Å². The van der Waals surface area contributed by atoms with Gasteiger partial charge in [-0.05, 0) is 0 Å². The summed E-state index contributed by atoms with van der Waals surface area (Å²) in [5.74, 6) is -8.08. The molecule has 0 aromatic rings. The van der Waals surface area contributed by atoms with Crippen molar-refractivity contribution in [3.63, 3.8) is 0 Å². The van der Waals surface area contributed by atoms with Gasteiger partial charge < -0.3 is 53.6 Å². The highest BCUT2D eigenvalue weighted by molar-refractivity contribution is 5.82. The summed E-state index contributed by atoms with van der Waals surface area (Å²) >= 11 is 0. The topological polar surface area (TPSA) is 238 Å². The molecule has 0 unspecified atom stereocenters. The second-order valence-electron chi connectivity index (χ2n) is 10.3. The third-order valence-corrected chi connectivity index (χ3v) is 6.34. The average molecular weight is 689 g/mol. The van der Waals surface area contributed by atoms with Crippen molar-refractivity contribution in [2.75, 3.05) is 13.2 Å². The summed E-state index contributed by atoms with van der Waals surface area (Å²) in [6, 6.07) is -3.78. The number of amides is 2. The molecule has 3 N–H and O–H groups in total. The molecule has 0 spiro atoms. The quantitative estimate of drug-likeness (QED) is 0.162. The summed E-state index contributed by atoms with van der Waals surface area (Å²) in [5.41, 5.74) is 0. The van der Waals surface area contributed by atoms with Gasteiger partial charge in [-0.3, -0.25) is 33.6 Å². The van der Waals surface area contributed by atoms with Crippen molar-refractivity contribution in [3.05, 3.63) is 0 Å². The predicted molar refractivity (Wildman–Crippen MR) is 140 cm³/mol. The molecule has 2 saturated heterocycles. The summed E-state index contributed by atoms with van der Waals surface area (Å²) in [7, 11) is 0. The monoisotopic (exact) mass is 688 g/mol.